The summed E-state index contributed by atoms with van der Waals surface area (Å²) in [6.45, 7) is 8.02. The Morgan fingerprint density at radius 2 is 2.19 bits per heavy atom. The highest BCUT2D eigenvalue weighted by Crippen LogP contribution is 2.32. The van der Waals surface area contributed by atoms with Gasteiger partial charge in [0.2, 0.25) is 0 Å². The van der Waals surface area contributed by atoms with Crippen LogP contribution < -0.4 is 0 Å². The molecule has 0 fully saturated rings. The van der Waals surface area contributed by atoms with E-state index >= 15 is 0 Å². The molecule has 0 amide bonds. The Kier molecular flexibility index (Phi) is 4.11. The predicted octanol–water partition coefficient (Wildman–Crippen LogP) is 2.69. The van der Waals surface area contributed by atoms with E-state index in [9.17, 15) is 4.79 Å². The van der Waals surface area contributed by atoms with Gasteiger partial charge in [0.05, 0.1) is 24.3 Å². The van der Waals surface area contributed by atoms with Crippen molar-refractivity contribution in [3.63, 3.8) is 0 Å². The van der Waals surface area contributed by atoms with Gasteiger partial charge in [-0.2, -0.15) is 0 Å². The Morgan fingerprint density at radius 3 is 2.71 bits per heavy atom. The smallest absolute Gasteiger partial charge is 0.305 e. The minimum absolute atomic E-state index is 0.0216. The van der Waals surface area contributed by atoms with E-state index < -0.39 is 5.97 Å². The number of carbonyl (C=O) groups is 1. The van der Waals surface area contributed by atoms with Gasteiger partial charge in [0.1, 0.15) is 5.76 Å². The molecule has 0 aliphatic heterocycles. The third-order valence-corrected chi connectivity index (χ3v) is 3.20. The number of carboxylic acids is 1. The van der Waals surface area contributed by atoms with Crippen LogP contribution in [0.15, 0.2) is 16.7 Å². The van der Waals surface area contributed by atoms with E-state index in [1.54, 1.807) is 17.0 Å². The molecule has 2 aromatic rings. The molecule has 0 aliphatic carbocycles. The minimum Gasteiger partial charge on any atom is -0.481 e. The lowest BCUT2D eigenvalue weighted by Gasteiger charge is -2.25. The summed E-state index contributed by atoms with van der Waals surface area (Å²) >= 11 is 0. The van der Waals surface area contributed by atoms with Gasteiger partial charge in [-0.25, -0.2) is 4.68 Å². The maximum atomic E-state index is 11.2. The summed E-state index contributed by atoms with van der Waals surface area (Å²) in [5.41, 5.74) is 0.749. The summed E-state index contributed by atoms with van der Waals surface area (Å²) in [5.74, 6) is 0.377. The van der Waals surface area contributed by atoms with Crippen LogP contribution in [0.25, 0.3) is 11.4 Å². The van der Waals surface area contributed by atoms with Crippen LogP contribution in [0.5, 0.6) is 0 Å². The van der Waals surface area contributed by atoms with Gasteiger partial charge < -0.3 is 9.52 Å². The van der Waals surface area contributed by atoms with Crippen molar-refractivity contribution >= 4 is 5.97 Å². The molecule has 1 atom stereocenters. The molecule has 7 heteroatoms. The first kappa shape index (κ1) is 15.2. The predicted molar refractivity (Wildman–Crippen MR) is 75.6 cm³/mol. The fourth-order valence-corrected chi connectivity index (χ4v) is 2.39. The fourth-order valence-electron chi connectivity index (χ4n) is 2.39. The molecule has 0 saturated heterocycles. The number of aromatic nitrogens is 4. The number of nitrogens with zero attached hydrogens (tertiary/aromatic N) is 4. The molecule has 0 aliphatic rings. The van der Waals surface area contributed by atoms with E-state index in [2.05, 4.69) is 36.3 Å². The molecule has 1 unspecified atom stereocenters. The maximum Gasteiger partial charge on any atom is 0.305 e. The molecule has 2 heterocycles. The zero-order valence-corrected chi connectivity index (χ0v) is 12.7. The maximum absolute atomic E-state index is 11.2. The lowest BCUT2D eigenvalue weighted by Crippen LogP contribution is -2.22. The highest BCUT2D eigenvalue weighted by atomic mass is 16.4. The monoisotopic (exact) mass is 292 g/mol. The van der Waals surface area contributed by atoms with Gasteiger partial charge in [0.25, 0.3) is 0 Å². The molecule has 0 aromatic carbocycles. The second-order valence-electron chi connectivity index (χ2n) is 6.35. The van der Waals surface area contributed by atoms with Crippen molar-refractivity contribution < 1.29 is 14.3 Å². The first-order valence-electron chi connectivity index (χ1n) is 6.82. The summed E-state index contributed by atoms with van der Waals surface area (Å²) < 4.78 is 6.87. The van der Waals surface area contributed by atoms with E-state index in [1.807, 2.05) is 6.92 Å². The van der Waals surface area contributed by atoms with Gasteiger partial charge in [-0.3, -0.25) is 4.79 Å². The summed E-state index contributed by atoms with van der Waals surface area (Å²) in [7, 11) is 0. The number of furan rings is 1. The lowest BCUT2D eigenvalue weighted by atomic mass is 9.87. The highest BCUT2D eigenvalue weighted by Gasteiger charge is 2.27. The Labute approximate surface area is 123 Å². The van der Waals surface area contributed by atoms with E-state index in [0.29, 0.717) is 18.0 Å². The first-order valence-corrected chi connectivity index (χ1v) is 6.82. The number of carboxylic acid groups (broad SMARTS) is 1. The third kappa shape index (κ3) is 3.68. The number of hydrogen-bond donors (Lipinski definition) is 1. The van der Waals surface area contributed by atoms with Crippen LogP contribution in [0.1, 0.15) is 45.4 Å². The van der Waals surface area contributed by atoms with Crippen molar-refractivity contribution in [2.75, 3.05) is 0 Å². The van der Waals surface area contributed by atoms with Gasteiger partial charge >= 0.3 is 5.97 Å². The van der Waals surface area contributed by atoms with Crippen molar-refractivity contribution in [2.45, 2.75) is 46.6 Å². The van der Waals surface area contributed by atoms with Crippen molar-refractivity contribution in [1.82, 2.24) is 20.2 Å². The largest absolute Gasteiger partial charge is 0.481 e. The number of rotatable bonds is 5. The quantitative estimate of drug-likeness (QED) is 0.910. The average molecular weight is 292 g/mol. The molecule has 7 nitrogen and oxygen atoms in total. The second kappa shape index (κ2) is 5.67. The molecule has 0 radical (unpaired) electrons. The molecule has 0 spiro atoms. The summed E-state index contributed by atoms with van der Waals surface area (Å²) in [4.78, 5) is 11.2. The molecule has 0 bridgehead atoms. The van der Waals surface area contributed by atoms with Gasteiger partial charge in [-0.05, 0) is 35.3 Å². The van der Waals surface area contributed by atoms with Crippen molar-refractivity contribution in [1.29, 1.82) is 0 Å². The summed E-state index contributed by atoms with van der Waals surface area (Å²) in [6.07, 6.45) is 2.21. The Balaban J connectivity index is 2.39. The Bertz CT molecular complexity index is 624. The normalized spacial score (nSPS) is 13.3. The fraction of sp³-hybridized carbons (Fsp3) is 0.571. The van der Waals surface area contributed by atoms with Crippen molar-refractivity contribution in [2.24, 2.45) is 5.41 Å². The van der Waals surface area contributed by atoms with Crippen LogP contribution in [0.4, 0.5) is 0 Å². The van der Waals surface area contributed by atoms with Gasteiger partial charge in [0.15, 0.2) is 5.82 Å². The van der Waals surface area contributed by atoms with Crippen LogP contribution in [0, 0.1) is 12.3 Å². The third-order valence-electron chi connectivity index (χ3n) is 3.20. The second-order valence-corrected chi connectivity index (χ2v) is 6.35. The van der Waals surface area contributed by atoms with Crippen LogP contribution in [0.2, 0.25) is 0 Å². The zero-order valence-electron chi connectivity index (χ0n) is 12.7. The van der Waals surface area contributed by atoms with Gasteiger partial charge in [0, 0.05) is 0 Å². The standard InChI is InChI=1S/C14H20N4O3/c1-9-11(5-6-21-9)13-15-16-17-18(13)10(7-12(19)20)8-14(2,3)4/h5-6,10H,7-8H2,1-4H3,(H,19,20). The van der Waals surface area contributed by atoms with Gasteiger partial charge in [-0.15, -0.1) is 5.10 Å². The number of hydrogen-bond acceptors (Lipinski definition) is 5. The molecule has 2 rings (SSSR count). The van der Waals surface area contributed by atoms with Crippen LogP contribution in [-0.2, 0) is 4.79 Å². The lowest BCUT2D eigenvalue weighted by molar-refractivity contribution is -0.138. The van der Waals surface area contributed by atoms with E-state index in [1.165, 1.54) is 0 Å². The van der Waals surface area contributed by atoms with Crippen LogP contribution in [-0.4, -0.2) is 31.3 Å². The average Bonchev–Trinajstić information content (AvgIpc) is 2.93. The van der Waals surface area contributed by atoms with E-state index in [-0.39, 0.29) is 17.9 Å². The molecular weight excluding hydrogens is 272 g/mol. The molecule has 21 heavy (non-hydrogen) atoms. The van der Waals surface area contributed by atoms with E-state index in [4.69, 9.17) is 9.52 Å². The number of aliphatic carboxylic acids is 1. The molecule has 2 aromatic heterocycles. The summed E-state index contributed by atoms with van der Waals surface area (Å²) in [6, 6.07) is 1.48. The molecule has 114 valence electrons. The highest BCUT2D eigenvalue weighted by molar-refractivity contribution is 5.67. The molecule has 0 saturated carbocycles. The van der Waals surface area contributed by atoms with E-state index in [0.717, 1.165) is 5.56 Å². The van der Waals surface area contributed by atoms with Crippen LogP contribution in [0.3, 0.4) is 0 Å². The van der Waals surface area contributed by atoms with Crippen molar-refractivity contribution in [3.05, 3.63) is 18.1 Å². The SMILES string of the molecule is Cc1occc1-c1nnnn1C(CC(=O)O)CC(C)(C)C. The van der Waals surface area contributed by atoms with Crippen LogP contribution >= 0.6 is 0 Å². The Hall–Kier alpha value is -2.18. The molecular formula is C14H20N4O3. The summed E-state index contributed by atoms with van der Waals surface area (Å²) in [5, 5.41) is 20.9. The Morgan fingerprint density at radius 1 is 1.48 bits per heavy atom. The number of tetrazole rings is 1. The van der Waals surface area contributed by atoms with Crippen molar-refractivity contribution in [3.8, 4) is 11.4 Å². The number of aryl methyl sites for hydroxylation is 1. The zero-order chi connectivity index (χ0) is 15.6. The minimum atomic E-state index is -0.866. The first-order chi connectivity index (χ1) is 9.78. The van der Waals surface area contributed by atoms with Gasteiger partial charge in [-0.1, -0.05) is 20.8 Å². The topological polar surface area (TPSA) is 94.0 Å². The molecule has 1 N–H and O–H groups in total.